The molecule has 24 heavy (non-hydrogen) atoms. The highest BCUT2D eigenvalue weighted by Gasteiger charge is 2.26. The molecule has 3 rings (SSSR count). The van der Waals surface area contributed by atoms with Crippen molar-refractivity contribution in [3.63, 3.8) is 0 Å². The quantitative estimate of drug-likeness (QED) is 0.861. The van der Waals surface area contributed by atoms with Crippen molar-refractivity contribution in [1.82, 2.24) is 9.80 Å². The molecule has 0 radical (unpaired) electrons. The Hall–Kier alpha value is -2.13. The lowest BCUT2D eigenvalue weighted by Crippen LogP contribution is -2.54. The van der Waals surface area contributed by atoms with Crippen molar-refractivity contribution >= 4 is 5.91 Å². The Morgan fingerprint density at radius 3 is 2.58 bits per heavy atom. The van der Waals surface area contributed by atoms with Crippen LogP contribution in [0.1, 0.15) is 28.4 Å². The average Bonchev–Trinajstić information content (AvgIpc) is 2.61. The Balaban J connectivity index is 1.56. The molecule has 3 heteroatoms. The van der Waals surface area contributed by atoms with E-state index in [2.05, 4.69) is 42.2 Å². The molecule has 0 saturated carbocycles. The van der Waals surface area contributed by atoms with Gasteiger partial charge in [-0.3, -0.25) is 9.69 Å². The van der Waals surface area contributed by atoms with E-state index >= 15 is 0 Å². The summed E-state index contributed by atoms with van der Waals surface area (Å²) in [6, 6.07) is 18.9. The summed E-state index contributed by atoms with van der Waals surface area (Å²) in [5.41, 5.74) is 3.32. The van der Waals surface area contributed by atoms with Crippen molar-refractivity contribution in [1.29, 1.82) is 0 Å². The Labute approximate surface area is 144 Å². The van der Waals surface area contributed by atoms with Crippen LogP contribution in [0.15, 0.2) is 54.6 Å². The van der Waals surface area contributed by atoms with Gasteiger partial charge in [0.15, 0.2) is 0 Å². The molecule has 1 amide bonds. The first-order chi connectivity index (χ1) is 11.6. The van der Waals surface area contributed by atoms with E-state index in [9.17, 15) is 4.79 Å². The smallest absolute Gasteiger partial charge is 0.253 e. The first kappa shape index (κ1) is 16.7. The highest BCUT2D eigenvalue weighted by atomic mass is 16.2. The van der Waals surface area contributed by atoms with E-state index < -0.39 is 0 Å². The van der Waals surface area contributed by atoms with Gasteiger partial charge in [-0.15, -0.1) is 0 Å². The number of hydrogen-bond acceptors (Lipinski definition) is 2. The lowest BCUT2D eigenvalue weighted by atomic mass is 10.1. The number of carbonyl (C=O) groups is 1. The standard InChI is InChI=1S/C21H26N2O/c1-17-7-6-10-20(15-17)21(24)23-14-13-22(18(2)16-23)12-11-19-8-4-3-5-9-19/h3-10,15,18H,11-14,16H2,1-2H3. The zero-order valence-corrected chi connectivity index (χ0v) is 14.6. The van der Waals surface area contributed by atoms with Crippen molar-refractivity contribution in [2.24, 2.45) is 0 Å². The number of piperazine rings is 1. The molecule has 2 aromatic carbocycles. The van der Waals surface area contributed by atoms with Gasteiger partial charge in [-0.1, -0.05) is 48.0 Å². The molecule has 1 heterocycles. The molecule has 0 aromatic heterocycles. The zero-order chi connectivity index (χ0) is 16.9. The average molecular weight is 322 g/mol. The van der Waals surface area contributed by atoms with E-state index in [0.717, 1.165) is 43.7 Å². The minimum atomic E-state index is 0.160. The maximum Gasteiger partial charge on any atom is 0.253 e. The molecular formula is C21H26N2O. The summed E-state index contributed by atoms with van der Waals surface area (Å²) in [4.78, 5) is 17.2. The van der Waals surface area contributed by atoms with Crippen LogP contribution in [0.3, 0.4) is 0 Å². The van der Waals surface area contributed by atoms with Gasteiger partial charge in [0.05, 0.1) is 0 Å². The van der Waals surface area contributed by atoms with Crippen LogP contribution in [0.25, 0.3) is 0 Å². The predicted molar refractivity (Wildman–Crippen MR) is 98.3 cm³/mol. The number of amides is 1. The number of aryl methyl sites for hydroxylation is 1. The van der Waals surface area contributed by atoms with Crippen LogP contribution in [0.2, 0.25) is 0 Å². The van der Waals surface area contributed by atoms with E-state index in [4.69, 9.17) is 0 Å². The number of hydrogen-bond donors (Lipinski definition) is 0. The van der Waals surface area contributed by atoms with Crippen molar-refractivity contribution in [3.05, 3.63) is 71.3 Å². The second-order valence-corrected chi connectivity index (χ2v) is 6.74. The third kappa shape index (κ3) is 4.04. The van der Waals surface area contributed by atoms with Gasteiger partial charge in [-0.2, -0.15) is 0 Å². The molecule has 2 aromatic rings. The molecule has 126 valence electrons. The molecule has 1 aliphatic rings. The van der Waals surface area contributed by atoms with Crippen molar-refractivity contribution in [2.45, 2.75) is 26.3 Å². The van der Waals surface area contributed by atoms with Crippen LogP contribution in [-0.4, -0.2) is 47.9 Å². The first-order valence-electron chi connectivity index (χ1n) is 8.77. The van der Waals surface area contributed by atoms with E-state index in [0.29, 0.717) is 6.04 Å². The Kier molecular flexibility index (Phi) is 5.31. The number of benzene rings is 2. The second-order valence-electron chi connectivity index (χ2n) is 6.74. The Morgan fingerprint density at radius 2 is 1.88 bits per heavy atom. The van der Waals surface area contributed by atoms with Crippen LogP contribution in [0.5, 0.6) is 0 Å². The molecule has 0 aliphatic carbocycles. The molecule has 1 aliphatic heterocycles. The summed E-state index contributed by atoms with van der Waals surface area (Å²) in [7, 11) is 0. The predicted octanol–water partition coefficient (Wildman–Crippen LogP) is 3.38. The van der Waals surface area contributed by atoms with Gasteiger partial charge in [-0.05, 0) is 38.0 Å². The molecular weight excluding hydrogens is 296 g/mol. The van der Waals surface area contributed by atoms with Crippen LogP contribution < -0.4 is 0 Å². The SMILES string of the molecule is Cc1cccc(C(=O)N2CCN(CCc3ccccc3)C(C)C2)c1. The fraction of sp³-hybridized carbons (Fsp3) is 0.381. The third-order valence-electron chi connectivity index (χ3n) is 4.85. The Bertz CT molecular complexity index is 683. The maximum atomic E-state index is 12.7. The second kappa shape index (κ2) is 7.63. The highest BCUT2D eigenvalue weighted by Crippen LogP contribution is 2.15. The highest BCUT2D eigenvalue weighted by molar-refractivity contribution is 5.94. The van der Waals surface area contributed by atoms with Gasteiger partial charge in [0.2, 0.25) is 0 Å². The number of carbonyl (C=O) groups excluding carboxylic acids is 1. The summed E-state index contributed by atoms with van der Waals surface area (Å²) < 4.78 is 0. The molecule has 1 fully saturated rings. The lowest BCUT2D eigenvalue weighted by Gasteiger charge is -2.40. The number of rotatable bonds is 4. The van der Waals surface area contributed by atoms with Gasteiger partial charge in [0, 0.05) is 37.8 Å². The third-order valence-corrected chi connectivity index (χ3v) is 4.85. The molecule has 0 bridgehead atoms. The van der Waals surface area contributed by atoms with Crippen LogP contribution in [0.4, 0.5) is 0 Å². The zero-order valence-electron chi connectivity index (χ0n) is 14.6. The molecule has 1 unspecified atom stereocenters. The molecule has 1 atom stereocenters. The van der Waals surface area contributed by atoms with E-state index in [1.807, 2.05) is 36.1 Å². The summed E-state index contributed by atoms with van der Waals surface area (Å²) in [6.45, 7) is 7.87. The first-order valence-corrected chi connectivity index (χ1v) is 8.77. The summed E-state index contributed by atoms with van der Waals surface area (Å²) >= 11 is 0. The van der Waals surface area contributed by atoms with Crippen molar-refractivity contribution < 1.29 is 4.79 Å². The van der Waals surface area contributed by atoms with E-state index in [1.165, 1.54) is 5.56 Å². The summed E-state index contributed by atoms with van der Waals surface area (Å²) in [5, 5.41) is 0. The minimum Gasteiger partial charge on any atom is -0.336 e. The summed E-state index contributed by atoms with van der Waals surface area (Å²) in [5.74, 6) is 0.160. The van der Waals surface area contributed by atoms with Gasteiger partial charge < -0.3 is 4.90 Å². The normalized spacial score (nSPS) is 18.6. The van der Waals surface area contributed by atoms with Crippen molar-refractivity contribution in [3.8, 4) is 0 Å². The fourth-order valence-electron chi connectivity index (χ4n) is 3.39. The van der Waals surface area contributed by atoms with E-state index in [1.54, 1.807) is 0 Å². The van der Waals surface area contributed by atoms with Crippen molar-refractivity contribution in [2.75, 3.05) is 26.2 Å². The minimum absolute atomic E-state index is 0.160. The van der Waals surface area contributed by atoms with Gasteiger partial charge >= 0.3 is 0 Å². The van der Waals surface area contributed by atoms with Gasteiger partial charge in [-0.25, -0.2) is 0 Å². The monoisotopic (exact) mass is 322 g/mol. The molecule has 0 N–H and O–H groups in total. The fourth-order valence-corrected chi connectivity index (χ4v) is 3.39. The number of nitrogens with zero attached hydrogens (tertiary/aromatic N) is 2. The topological polar surface area (TPSA) is 23.6 Å². The molecule has 0 spiro atoms. The van der Waals surface area contributed by atoms with Gasteiger partial charge in [0.1, 0.15) is 0 Å². The summed E-state index contributed by atoms with van der Waals surface area (Å²) in [6.07, 6.45) is 1.07. The Morgan fingerprint density at radius 1 is 1.08 bits per heavy atom. The van der Waals surface area contributed by atoms with E-state index in [-0.39, 0.29) is 5.91 Å². The van der Waals surface area contributed by atoms with Gasteiger partial charge in [0.25, 0.3) is 5.91 Å². The van der Waals surface area contributed by atoms with Crippen LogP contribution in [-0.2, 0) is 6.42 Å². The van der Waals surface area contributed by atoms with Crippen LogP contribution in [0, 0.1) is 6.92 Å². The molecule has 1 saturated heterocycles. The maximum absolute atomic E-state index is 12.7. The molecule has 3 nitrogen and oxygen atoms in total. The largest absolute Gasteiger partial charge is 0.336 e. The van der Waals surface area contributed by atoms with Crippen LogP contribution >= 0.6 is 0 Å². The lowest BCUT2D eigenvalue weighted by molar-refractivity contribution is 0.0518.